The second-order valence-corrected chi connectivity index (χ2v) is 6.30. The number of rotatable bonds is 5. The Hall–Kier alpha value is -0.610. The summed E-state index contributed by atoms with van der Waals surface area (Å²) in [5.41, 5.74) is 0. The van der Waals surface area contributed by atoms with Gasteiger partial charge < -0.3 is 15.1 Å². The van der Waals surface area contributed by atoms with Crippen molar-refractivity contribution in [1.29, 1.82) is 0 Å². The van der Waals surface area contributed by atoms with Crippen molar-refractivity contribution < 1.29 is 4.79 Å². The minimum Gasteiger partial charge on any atom is -0.343 e. The van der Waals surface area contributed by atoms with Gasteiger partial charge >= 0.3 is 0 Å². The molecule has 0 aromatic rings. The van der Waals surface area contributed by atoms with E-state index in [0.717, 1.165) is 38.4 Å². The topological polar surface area (TPSA) is 35.6 Å². The summed E-state index contributed by atoms with van der Waals surface area (Å²) in [6.45, 7) is 10.8. The Labute approximate surface area is 117 Å². The van der Waals surface area contributed by atoms with Crippen LogP contribution in [0.3, 0.4) is 0 Å². The number of hydrogen-bond donors (Lipinski definition) is 1. The highest BCUT2D eigenvalue weighted by molar-refractivity contribution is 5.73. The number of nitrogens with zero attached hydrogens (tertiary/aromatic N) is 2. The molecule has 0 aromatic carbocycles. The summed E-state index contributed by atoms with van der Waals surface area (Å²) in [6, 6.07) is 0.608. The molecule has 0 aliphatic carbocycles. The second kappa shape index (κ2) is 7.25. The molecule has 0 aromatic heterocycles. The normalized spacial score (nSPS) is 23.8. The smallest absolute Gasteiger partial charge is 0.219 e. The maximum Gasteiger partial charge on any atom is 0.219 e. The molecule has 0 spiro atoms. The molecule has 0 bridgehead atoms. The fourth-order valence-corrected chi connectivity index (χ4v) is 3.24. The Morgan fingerprint density at radius 3 is 2.42 bits per heavy atom. The van der Waals surface area contributed by atoms with Gasteiger partial charge in [-0.15, -0.1) is 0 Å². The maximum absolute atomic E-state index is 11.3. The molecule has 2 aliphatic heterocycles. The van der Waals surface area contributed by atoms with E-state index in [-0.39, 0.29) is 5.91 Å². The van der Waals surface area contributed by atoms with Crippen molar-refractivity contribution in [2.75, 3.05) is 39.3 Å². The van der Waals surface area contributed by atoms with Gasteiger partial charge in [0.2, 0.25) is 5.91 Å². The third kappa shape index (κ3) is 4.77. The molecule has 1 amide bonds. The highest BCUT2D eigenvalue weighted by Gasteiger charge is 2.21. The minimum atomic E-state index is 0.223. The molecule has 0 saturated carbocycles. The van der Waals surface area contributed by atoms with Gasteiger partial charge in [0.1, 0.15) is 0 Å². The van der Waals surface area contributed by atoms with Crippen LogP contribution in [0.1, 0.15) is 39.5 Å². The molecule has 2 rings (SSSR count). The predicted octanol–water partition coefficient (Wildman–Crippen LogP) is 1.32. The van der Waals surface area contributed by atoms with E-state index in [1.54, 1.807) is 6.92 Å². The highest BCUT2D eigenvalue weighted by Crippen LogP contribution is 2.12. The largest absolute Gasteiger partial charge is 0.343 e. The molecule has 1 unspecified atom stereocenters. The first kappa shape index (κ1) is 14.8. The van der Waals surface area contributed by atoms with Crippen LogP contribution in [0.4, 0.5) is 0 Å². The van der Waals surface area contributed by atoms with Gasteiger partial charge in [-0.2, -0.15) is 0 Å². The summed E-state index contributed by atoms with van der Waals surface area (Å²) in [4.78, 5) is 15.8. The molecular weight excluding hydrogens is 238 g/mol. The Kier molecular flexibility index (Phi) is 5.64. The number of amides is 1. The van der Waals surface area contributed by atoms with Crippen molar-refractivity contribution in [2.45, 2.75) is 45.6 Å². The molecule has 110 valence electrons. The Bertz CT molecular complexity index is 281. The summed E-state index contributed by atoms with van der Waals surface area (Å²) in [5, 5.41) is 3.69. The fourth-order valence-electron chi connectivity index (χ4n) is 3.24. The zero-order chi connectivity index (χ0) is 13.7. The van der Waals surface area contributed by atoms with E-state index in [9.17, 15) is 4.79 Å². The third-order valence-electron chi connectivity index (χ3n) is 4.46. The summed E-state index contributed by atoms with van der Waals surface area (Å²) in [5.74, 6) is 0.949. The van der Waals surface area contributed by atoms with Gasteiger partial charge in [0.15, 0.2) is 0 Å². The standard InChI is InChI=1S/C15H29N3O/c1-13(12-17-7-3-4-8-17)11-16-15-5-9-18(10-6-15)14(2)19/h13,15-16H,3-12H2,1-2H3. The molecular formula is C15H29N3O. The maximum atomic E-state index is 11.3. The number of carbonyl (C=O) groups is 1. The average molecular weight is 267 g/mol. The summed E-state index contributed by atoms with van der Waals surface area (Å²) in [6.07, 6.45) is 4.97. The van der Waals surface area contributed by atoms with Gasteiger partial charge in [-0.25, -0.2) is 0 Å². The number of hydrogen-bond acceptors (Lipinski definition) is 3. The first-order valence-electron chi connectivity index (χ1n) is 7.86. The number of likely N-dealkylation sites (tertiary alicyclic amines) is 2. The lowest BCUT2D eigenvalue weighted by Gasteiger charge is -2.32. The highest BCUT2D eigenvalue weighted by atomic mass is 16.2. The van der Waals surface area contributed by atoms with Gasteiger partial charge in [-0.05, 0) is 51.2 Å². The Morgan fingerprint density at radius 1 is 1.21 bits per heavy atom. The first-order valence-corrected chi connectivity index (χ1v) is 7.86. The van der Waals surface area contributed by atoms with E-state index in [2.05, 4.69) is 17.1 Å². The van der Waals surface area contributed by atoms with E-state index in [1.807, 2.05) is 4.90 Å². The lowest BCUT2D eigenvalue weighted by molar-refractivity contribution is -0.129. The van der Waals surface area contributed by atoms with E-state index in [4.69, 9.17) is 0 Å². The van der Waals surface area contributed by atoms with Crippen molar-refractivity contribution in [2.24, 2.45) is 5.92 Å². The molecule has 2 saturated heterocycles. The van der Waals surface area contributed by atoms with Crippen LogP contribution < -0.4 is 5.32 Å². The van der Waals surface area contributed by atoms with Crippen LogP contribution in [-0.4, -0.2) is 61.0 Å². The zero-order valence-corrected chi connectivity index (χ0v) is 12.5. The Balaban J connectivity index is 1.59. The van der Waals surface area contributed by atoms with E-state index in [1.165, 1.54) is 32.5 Å². The van der Waals surface area contributed by atoms with E-state index in [0.29, 0.717) is 6.04 Å². The van der Waals surface area contributed by atoms with Crippen LogP contribution in [0.5, 0.6) is 0 Å². The van der Waals surface area contributed by atoms with Gasteiger partial charge in [-0.3, -0.25) is 4.79 Å². The fraction of sp³-hybridized carbons (Fsp3) is 0.933. The summed E-state index contributed by atoms with van der Waals surface area (Å²) in [7, 11) is 0. The molecule has 4 nitrogen and oxygen atoms in total. The summed E-state index contributed by atoms with van der Waals surface area (Å²) < 4.78 is 0. The minimum absolute atomic E-state index is 0.223. The molecule has 1 atom stereocenters. The van der Waals surface area contributed by atoms with E-state index < -0.39 is 0 Å². The van der Waals surface area contributed by atoms with Crippen LogP contribution >= 0.6 is 0 Å². The summed E-state index contributed by atoms with van der Waals surface area (Å²) >= 11 is 0. The monoisotopic (exact) mass is 267 g/mol. The quantitative estimate of drug-likeness (QED) is 0.816. The molecule has 2 aliphatic rings. The predicted molar refractivity (Wildman–Crippen MR) is 78.1 cm³/mol. The first-order chi connectivity index (χ1) is 9.15. The molecule has 2 heterocycles. The van der Waals surface area contributed by atoms with Crippen molar-refractivity contribution in [3.8, 4) is 0 Å². The number of nitrogens with one attached hydrogen (secondary N) is 1. The third-order valence-corrected chi connectivity index (χ3v) is 4.46. The van der Waals surface area contributed by atoms with Crippen LogP contribution in [0, 0.1) is 5.92 Å². The van der Waals surface area contributed by atoms with Crippen molar-refractivity contribution in [1.82, 2.24) is 15.1 Å². The lowest BCUT2D eigenvalue weighted by Crippen LogP contribution is -2.45. The van der Waals surface area contributed by atoms with Crippen LogP contribution in [0.25, 0.3) is 0 Å². The van der Waals surface area contributed by atoms with Crippen molar-refractivity contribution in [3.05, 3.63) is 0 Å². The van der Waals surface area contributed by atoms with Gasteiger partial charge in [0.25, 0.3) is 0 Å². The van der Waals surface area contributed by atoms with Gasteiger partial charge in [0, 0.05) is 32.6 Å². The van der Waals surface area contributed by atoms with E-state index >= 15 is 0 Å². The van der Waals surface area contributed by atoms with Crippen LogP contribution in [-0.2, 0) is 4.79 Å². The molecule has 4 heteroatoms. The van der Waals surface area contributed by atoms with Crippen molar-refractivity contribution >= 4 is 5.91 Å². The van der Waals surface area contributed by atoms with Crippen LogP contribution in [0.2, 0.25) is 0 Å². The second-order valence-electron chi connectivity index (χ2n) is 6.30. The Morgan fingerprint density at radius 2 is 1.84 bits per heavy atom. The number of carbonyl (C=O) groups excluding carboxylic acids is 1. The number of piperidine rings is 1. The molecule has 1 N–H and O–H groups in total. The molecule has 19 heavy (non-hydrogen) atoms. The molecule has 0 radical (unpaired) electrons. The van der Waals surface area contributed by atoms with Crippen molar-refractivity contribution in [3.63, 3.8) is 0 Å². The molecule has 2 fully saturated rings. The van der Waals surface area contributed by atoms with Gasteiger partial charge in [0.05, 0.1) is 0 Å². The van der Waals surface area contributed by atoms with Crippen LogP contribution in [0.15, 0.2) is 0 Å². The SMILES string of the molecule is CC(=O)N1CCC(NCC(C)CN2CCCC2)CC1. The lowest BCUT2D eigenvalue weighted by atomic mass is 10.0. The zero-order valence-electron chi connectivity index (χ0n) is 12.5. The van der Waals surface area contributed by atoms with Gasteiger partial charge in [-0.1, -0.05) is 6.92 Å². The average Bonchev–Trinajstić information content (AvgIpc) is 2.89.